The minimum atomic E-state index is -2.97. The molecule has 0 saturated heterocycles. The summed E-state index contributed by atoms with van der Waals surface area (Å²) in [5, 5.41) is 3.27. The van der Waals surface area contributed by atoms with Gasteiger partial charge in [-0.1, -0.05) is 0 Å². The Bertz CT molecular complexity index is 1110. The van der Waals surface area contributed by atoms with E-state index >= 15 is 0 Å². The number of halogens is 2. The number of rotatable bonds is 8. The van der Waals surface area contributed by atoms with Crippen molar-refractivity contribution in [3.05, 3.63) is 58.8 Å². The van der Waals surface area contributed by atoms with Crippen LogP contribution in [0.1, 0.15) is 24.8 Å². The van der Waals surface area contributed by atoms with Gasteiger partial charge >= 0.3 is 6.61 Å². The number of carbonyl (C=O) groups excluding carboxylic acids is 1. The maximum Gasteiger partial charge on any atom is 0.387 e. The lowest BCUT2D eigenvalue weighted by Crippen LogP contribution is -2.43. The molecule has 1 fully saturated rings. The van der Waals surface area contributed by atoms with Crippen LogP contribution in [0.5, 0.6) is 11.5 Å². The second kappa shape index (κ2) is 8.42. The van der Waals surface area contributed by atoms with E-state index in [1.807, 2.05) is 4.90 Å². The third-order valence-corrected chi connectivity index (χ3v) is 6.17. The van der Waals surface area contributed by atoms with Gasteiger partial charge in [-0.25, -0.2) is 4.99 Å². The molecule has 33 heavy (non-hydrogen) atoms. The highest BCUT2D eigenvalue weighted by molar-refractivity contribution is 6.02. The fourth-order valence-corrected chi connectivity index (χ4v) is 4.46. The second-order valence-electron chi connectivity index (χ2n) is 8.30. The zero-order valence-corrected chi connectivity index (χ0v) is 18.0. The van der Waals surface area contributed by atoms with E-state index in [1.165, 1.54) is 13.2 Å². The molecule has 0 spiro atoms. The molecule has 1 unspecified atom stereocenters. The summed E-state index contributed by atoms with van der Waals surface area (Å²) in [6.45, 7) is -1.90. The van der Waals surface area contributed by atoms with E-state index in [1.54, 1.807) is 24.6 Å². The van der Waals surface area contributed by atoms with Crippen LogP contribution in [0.3, 0.4) is 0 Å². The van der Waals surface area contributed by atoms with Crippen molar-refractivity contribution in [3.63, 3.8) is 0 Å². The van der Waals surface area contributed by atoms with Gasteiger partial charge in [0.25, 0.3) is 0 Å². The maximum absolute atomic E-state index is 12.9. The molecule has 174 valence electrons. The van der Waals surface area contributed by atoms with Crippen LogP contribution in [0.2, 0.25) is 0 Å². The molecule has 1 saturated carbocycles. The standard InChI is InChI=1S/C23H24F2N4O4/c1-31-17-5-4-13(8-18(17)33-23(24)25)22-27-9-15-16(28-19(21(26)30)12-2-3-12)11-32-10-14-6-7-29(22)20(14)15/h4-5,8-9,11-12,19,23,28H,2-3,6-7,10H2,1H3,(H2,26,30). The number of benzene rings is 1. The first-order chi connectivity index (χ1) is 16.0. The molecule has 1 atom stereocenters. The number of carbonyl (C=O) groups is 1. The monoisotopic (exact) mass is 458 g/mol. The molecule has 3 heterocycles. The Hall–Kier alpha value is -3.56. The lowest BCUT2D eigenvalue weighted by molar-refractivity contribution is -0.120. The molecule has 1 aromatic rings. The third-order valence-electron chi connectivity index (χ3n) is 6.17. The van der Waals surface area contributed by atoms with E-state index < -0.39 is 18.6 Å². The lowest BCUT2D eigenvalue weighted by Gasteiger charge is -2.30. The zero-order valence-electron chi connectivity index (χ0n) is 18.0. The van der Waals surface area contributed by atoms with E-state index in [0.29, 0.717) is 30.2 Å². The highest BCUT2D eigenvalue weighted by Crippen LogP contribution is 2.40. The Morgan fingerprint density at radius 3 is 2.85 bits per heavy atom. The quantitative estimate of drug-likeness (QED) is 0.622. The third kappa shape index (κ3) is 4.01. The van der Waals surface area contributed by atoms with Gasteiger partial charge < -0.3 is 30.2 Å². The molecule has 1 amide bonds. The molecule has 10 heteroatoms. The lowest BCUT2D eigenvalue weighted by atomic mass is 10.0. The SMILES string of the molecule is COc1ccc(C2=NC=C3C(NC(C(N)=O)C4CC4)=COCC4=C3N2CC4)cc1OC(F)F. The van der Waals surface area contributed by atoms with Crippen LogP contribution in [0.25, 0.3) is 0 Å². The van der Waals surface area contributed by atoms with Gasteiger partial charge in [-0.2, -0.15) is 8.78 Å². The number of nitrogens with one attached hydrogen (secondary N) is 1. The molecular formula is C23H24F2N4O4. The summed E-state index contributed by atoms with van der Waals surface area (Å²) in [5.74, 6) is 0.584. The summed E-state index contributed by atoms with van der Waals surface area (Å²) < 4.78 is 41.4. The second-order valence-corrected chi connectivity index (χ2v) is 8.30. The molecule has 8 nitrogen and oxygen atoms in total. The number of hydrogen-bond donors (Lipinski definition) is 2. The summed E-state index contributed by atoms with van der Waals surface area (Å²) in [6.07, 6.45) is 6.00. The molecule has 0 aromatic heterocycles. The highest BCUT2D eigenvalue weighted by Gasteiger charge is 2.39. The fraction of sp³-hybridized carbons (Fsp3) is 0.391. The van der Waals surface area contributed by atoms with Gasteiger partial charge in [-0.05, 0) is 49.0 Å². The van der Waals surface area contributed by atoms with Crippen molar-refractivity contribution >= 4 is 11.7 Å². The molecule has 3 aliphatic heterocycles. The normalized spacial score (nSPS) is 20.2. The van der Waals surface area contributed by atoms with Crippen molar-refractivity contribution in [2.75, 3.05) is 20.3 Å². The van der Waals surface area contributed by atoms with Crippen molar-refractivity contribution in [1.82, 2.24) is 10.2 Å². The van der Waals surface area contributed by atoms with E-state index in [2.05, 4.69) is 15.0 Å². The highest BCUT2D eigenvalue weighted by atomic mass is 19.3. The summed E-state index contributed by atoms with van der Waals surface area (Å²) >= 11 is 0. The van der Waals surface area contributed by atoms with Crippen LogP contribution in [0.4, 0.5) is 8.78 Å². The summed E-state index contributed by atoms with van der Waals surface area (Å²) in [7, 11) is 1.39. The van der Waals surface area contributed by atoms with Crippen LogP contribution in [0, 0.1) is 5.92 Å². The predicted molar refractivity (Wildman–Crippen MR) is 115 cm³/mol. The minimum Gasteiger partial charge on any atom is -0.495 e. The number of methoxy groups -OCH3 is 1. The van der Waals surface area contributed by atoms with Crippen LogP contribution in [-0.2, 0) is 9.53 Å². The molecule has 3 N–H and O–H groups in total. The number of primary amides is 1. The Balaban J connectivity index is 1.51. The predicted octanol–water partition coefficient (Wildman–Crippen LogP) is 2.63. The molecule has 1 aromatic carbocycles. The molecule has 1 aliphatic carbocycles. The van der Waals surface area contributed by atoms with E-state index in [9.17, 15) is 13.6 Å². The van der Waals surface area contributed by atoms with Gasteiger partial charge in [0.05, 0.1) is 18.5 Å². The zero-order chi connectivity index (χ0) is 23.1. The van der Waals surface area contributed by atoms with E-state index in [-0.39, 0.29) is 17.4 Å². The van der Waals surface area contributed by atoms with Crippen molar-refractivity contribution in [1.29, 1.82) is 0 Å². The van der Waals surface area contributed by atoms with Crippen LogP contribution in [0.15, 0.2) is 58.2 Å². The van der Waals surface area contributed by atoms with Crippen molar-refractivity contribution in [2.24, 2.45) is 16.6 Å². The average Bonchev–Trinajstić information content (AvgIpc) is 3.56. The molecule has 5 rings (SSSR count). The number of nitrogens with two attached hydrogens (primary N) is 1. The summed E-state index contributed by atoms with van der Waals surface area (Å²) in [5.41, 5.74) is 9.76. The van der Waals surface area contributed by atoms with Crippen molar-refractivity contribution in [3.8, 4) is 11.5 Å². The number of alkyl halides is 2. The first-order valence-electron chi connectivity index (χ1n) is 10.8. The van der Waals surface area contributed by atoms with Crippen molar-refractivity contribution in [2.45, 2.75) is 31.9 Å². The van der Waals surface area contributed by atoms with Crippen molar-refractivity contribution < 1.29 is 27.8 Å². The van der Waals surface area contributed by atoms with Gasteiger partial charge in [-0.3, -0.25) is 4.79 Å². The van der Waals surface area contributed by atoms with Gasteiger partial charge in [0.2, 0.25) is 5.91 Å². The Morgan fingerprint density at radius 1 is 1.33 bits per heavy atom. The van der Waals surface area contributed by atoms with Gasteiger partial charge in [0.15, 0.2) is 11.5 Å². The molecule has 4 aliphatic rings. The number of amidine groups is 1. The number of ether oxygens (including phenoxy) is 3. The number of amides is 1. The molecule has 0 radical (unpaired) electrons. The van der Waals surface area contributed by atoms with E-state index in [4.69, 9.17) is 15.2 Å². The van der Waals surface area contributed by atoms with Gasteiger partial charge in [0.1, 0.15) is 24.7 Å². The van der Waals surface area contributed by atoms with Crippen LogP contribution < -0.4 is 20.5 Å². The fourth-order valence-electron chi connectivity index (χ4n) is 4.46. The van der Waals surface area contributed by atoms with Gasteiger partial charge in [-0.15, -0.1) is 0 Å². The molecular weight excluding hydrogens is 434 g/mol. The molecule has 0 bridgehead atoms. The van der Waals surface area contributed by atoms with E-state index in [0.717, 1.165) is 36.1 Å². The number of aliphatic imine (C=N–C) groups is 1. The Morgan fingerprint density at radius 2 is 2.15 bits per heavy atom. The first-order valence-corrected chi connectivity index (χ1v) is 10.8. The van der Waals surface area contributed by atoms with Crippen LogP contribution in [-0.4, -0.2) is 49.6 Å². The topological polar surface area (TPSA) is 98.4 Å². The summed E-state index contributed by atoms with van der Waals surface area (Å²) in [6, 6.07) is 4.36. The average molecular weight is 458 g/mol. The summed E-state index contributed by atoms with van der Waals surface area (Å²) in [4.78, 5) is 18.7. The minimum absolute atomic E-state index is 0.0592. The van der Waals surface area contributed by atoms with Gasteiger partial charge in [0, 0.05) is 23.9 Å². The number of nitrogens with zero attached hydrogens (tertiary/aromatic N) is 2. The Kier molecular flexibility index (Phi) is 5.43. The first kappa shape index (κ1) is 21.3. The van der Waals surface area contributed by atoms with Crippen LogP contribution >= 0.6 is 0 Å². The Labute approximate surface area is 189 Å². The maximum atomic E-state index is 12.9. The number of hydrogen-bond acceptors (Lipinski definition) is 7. The largest absolute Gasteiger partial charge is 0.495 e. The smallest absolute Gasteiger partial charge is 0.387 e.